The lowest BCUT2D eigenvalue weighted by Gasteiger charge is -2.35. The summed E-state index contributed by atoms with van der Waals surface area (Å²) in [5.74, 6) is -0.450. The smallest absolute Gasteiger partial charge is 0.543 e. The van der Waals surface area contributed by atoms with Crippen LogP contribution in [0.25, 0.3) is 0 Å². The van der Waals surface area contributed by atoms with Gasteiger partial charge in [0.15, 0.2) is 0 Å². The second kappa shape index (κ2) is 10.0. The van der Waals surface area contributed by atoms with Gasteiger partial charge in [-0.05, 0) is 56.0 Å². The lowest BCUT2D eigenvalue weighted by atomic mass is 9.81. The number of nitrogens with zero attached hydrogens (tertiary/aromatic N) is 1. The molecular formula is C19H25BF3NO3. The topological polar surface area (TPSA) is 38.8 Å². The highest BCUT2D eigenvalue weighted by Crippen LogP contribution is 2.30. The second-order valence-electron chi connectivity index (χ2n) is 6.99. The minimum Gasteiger partial charge on any atom is -0.543 e. The van der Waals surface area contributed by atoms with Crippen LogP contribution in [0, 0.1) is 11.8 Å². The highest BCUT2D eigenvalue weighted by atomic mass is 19.4. The maximum absolute atomic E-state index is 12.2. The summed E-state index contributed by atoms with van der Waals surface area (Å²) in [6.45, 7) is 4.39. The van der Waals surface area contributed by atoms with Crippen molar-refractivity contribution in [3.63, 3.8) is 0 Å². The van der Waals surface area contributed by atoms with Crippen molar-refractivity contribution in [1.82, 2.24) is 4.90 Å². The number of halogens is 3. The van der Waals surface area contributed by atoms with Crippen LogP contribution in [-0.2, 0) is 16.0 Å². The van der Waals surface area contributed by atoms with Crippen LogP contribution in [-0.4, -0.2) is 38.4 Å². The van der Waals surface area contributed by atoms with Crippen LogP contribution in [0.1, 0.15) is 44.6 Å². The molecule has 0 N–H and O–H groups in total. The largest absolute Gasteiger partial charge is 0.573 e. The molecule has 148 valence electrons. The number of benzene rings is 1. The molecule has 0 bridgehead atoms. The molecule has 27 heavy (non-hydrogen) atoms. The maximum atomic E-state index is 12.2. The third-order valence-corrected chi connectivity index (χ3v) is 5.05. The van der Waals surface area contributed by atoms with Gasteiger partial charge in [-0.25, -0.2) is 0 Å². The highest BCUT2D eigenvalue weighted by molar-refractivity contribution is 6.05. The first-order valence-corrected chi connectivity index (χ1v) is 9.30. The zero-order valence-corrected chi connectivity index (χ0v) is 15.5. The van der Waals surface area contributed by atoms with E-state index >= 15 is 0 Å². The van der Waals surface area contributed by atoms with Gasteiger partial charge in [-0.1, -0.05) is 31.9 Å². The predicted molar refractivity (Wildman–Crippen MR) is 96.0 cm³/mol. The fourth-order valence-corrected chi connectivity index (χ4v) is 3.63. The van der Waals surface area contributed by atoms with Gasteiger partial charge in [-0.3, -0.25) is 9.69 Å². The molecule has 0 spiro atoms. The Balaban J connectivity index is 1.85. The molecule has 4 nitrogen and oxygen atoms in total. The van der Waals surface area contributed by atoms with Crippen molar-refractivity contribution in [2.24, 2.45) is 11.8 Å². The molecule has 8 heteroatoms. The first-order valence-electron chi connectivity index (χ1n) is 9.30. The molecule has 1 aromatic carbocycles. The van der Waals surface area contributed by atoms with Gasteiger partial charge in [0.25, 0.3) is 5.97 Å². The average Bonchev–Trinajstić information content (AvgIpc) is 2.63. The number of carbonyl (C=O) groups is 1. The maximum Gasteiger partial charge on any atom is 0.573 e. The molecule has 1 aliphatic rings. The molecular weight excluding hydrogens is 358 g/mol. The van der Waals surface area contributed by atoms with Crippen molar-refractivity contribution in [3.8, 4) is 5.75 Å². The molecule has 1 aliphatic heterocycles. The van der Waals surface area contributed by atoms with E-state index in [1.165, 1.54) is 12.1 Å². The molecule has 0 aromatic heterocycles. The molecule has 0 aliphatic carbocycles. The summed E-state index contributed by atoms with van der Waals surface area (Å²) in [6.07, 6.45) is -0.161. The lowest BCUT2D eigenvalue weighted by molar-refractivity contribution is -0.274. The average molecular weight is 383 g/mol. The third-order valence-electron chi connectivity index (χ3n) is 5.05. The van der Waals surface area contributed by atoms with Crippen LogP contribution in [0.5, 0.6) is 5.75 Å². The summed E-state index contributed by atoms with van der Waals surface area (Å²) in [5.41, 5.74) is 0.923. The van der Waals surface area contributed by atoms with Crippen LogP contribution in [0.15, 0.2) is 24.3 Å². The summed E-state index contributed by atoms with van der Waals surface area (Å²) < 4.78 is 45.0. The number of carbonyl (C=O) groups excluding carboxylic acids is 1. The Morgan fingerprint density at radius 2 is 1.89 bits per heavy atom. The zero-order valence-electron chi connectivity index (χ0n) is 15.5. The summed E-state index contributed by atoms with van der Waals surface area (Å²) in [5, 5.41) is 0. The number of hydrogen-bond donors (Lipinski definition) is 0. The van der Waals surface area contributed by atoms with Crippen molar-refractivity contribution in [2.75, 3.05) is 13.1 Å². The van der Waals surface area contributed by atoms with E-state index < -0.39 is 6.36 Å². The highest BCUT2D eigenvalue weighted by Gasteiger charge is 2.32. The Labute approximate surface area is 159 Å². The minimum absolute atomic E-state index is 0.157. The van der Waals surface area contributed by atoms with Gasteiger partial charge in [0.2, 0.25) is 0 Å². The van der Waals surface area contributed by atoms with Crippen molar-refractivity contribution >= 4 is 14.0 Å². The summed E-state index contributed by atoms with van der Waals surface area (Å²) in [7, 11) is 5.09. The van der Waals surface area contributed by atoms with Gasteiger partial charge in [0.05, 0.1) is 5.92 Å². The summed E-state index contributed by atoms with van der Waals surface area (Å²) in [4.78, 5) is 14.2. The molecule has 1 aromatic rings. The van der Waals surface area contributed by atoms with E-state index in [4.69, 9.17) is 8.05 Å². The Morgan fingerprint density at radius 1 is 1.26 bits per heavy atom. The normalized spacial score (nSPS) is 17.5. The van der Waals surface area contributed by atoms with Crippen molar-refractivity contribution in [3.05, 3.63) is 29.8 Å². The molecule has 1 atom stereocenters. The van der Waals surface area contributed by atoms with Crippen molar-refractivity contribution in [1.29, 1.82) is 0 Å². The van der Waals surface area contributed by atoms with Gasteiger partial charge >= 0.3 is 14.4 Å². The SMILES string of the molecule is [B]OC(=O)C(CCCC)C1CCN(Cc2ccc(OC(F)(F)F)cc2)CC1. The fraction of sp³-hybridized carbons (Fsp3) is 0.632. The number of unbranched alkanes of at least 4 members (excludes halogenated alkanes) is 1. The molecule has 2 radical (unpaired) electrons. The molecule has 1 saturated heterocycles. The standard InChI is InChI=1S/C19H25BF3NO3/c1-2-3-4-17(18(25)27-20)15-9-11-24(12-10-15)13-14-5-7-16(8-6-14)26-19(21,22)23/h5-8,15,17H,2-4,9-13H2,1H3. The first kappa shape index (κ1) is 21.6. The minimum atomic E-state index is -4.68. The van der Waals surface area contributed by atoms with E-state index in [0.717, 1.165) is 50.8 Å². The Morgan fingerprint density at radius 3 is 2.41 bits per heavy atom. The van der Waals surface area contributed by atoms with Crippen LogP contribution >= 0.6 is 0 Å². The number of hydrogen-bond acceptors (Lipinski definition) is 4. The van der Waals surface area contributed by atoms with Crippen molar-refractivity contribution < 1.29 is 27.4 Å². The molecule has 1 fully saturated rings. The van der Waals surface area contributed by atoms with E-state index in [1.54, 1.807) is 12.1 Å². The number of piperidine rings is 1. The van der Waals surface area contributed by atoms with Crippen LogP contribution in [0.3, 0.4) is 0 Å². The van der Waals surface area contributed by atoms with Crippen LogP contribution < -0.4 is 4.74 Å². The predicted octanol–water partition coefficient (Wildman–Crippen LogP) is 4.23. The molecule has 1 unspecified atom stereocenters. The molecule has 2 rings (SSSR count). The quantitative estimate of drug-likeness (QED) is 0.630. The van der Waals surface area contributed by atoms with Gasteiger partial charge in [0, 0.05) is 6.54 Å². The number of likely N-dealkylation sites (tertiary alicyclic amines) is 1. The van der Waals surface area contributed by atoms with E-state index in [2.05, 4.69) is 21.2 Å². The monoisotopic (exact) mass is 383 g/mol. The lowest BCUT2D eigenvalue weighted by Crippen LogP contribution is -2.38. The zero-order chi connectivity index (χ0) is 19.9. The van der Waals surface area contributed by atoms with E-state index in [1.807, 2.05) is 0 Å². The number of alkyl halides is 3. The van der Waals surface area contributed by atoms with Gasteiger partial charge in [-0.2, -0.15) is 0 Å². The summed E-state index contributed by atoms with van der Waals surface area (Å²) in [6, 6.07) is 5.94. The van der Waals surface area contributed by atoms with E-state index in [-0.39, 0.29) is 23.6 Å². The second-order valence-corrected chi connectivity index (χ2v) is 6.99. The Hall–Kier alpha value is -1.70. The van der Waals surface area contributed by atoms with E-state index in [0.29, 0.717) is 6.54 Å². The van der Waals surface area contributed by atoms with Gasteiger partial charge in [0.1, 0.15) is 5.75 Å². The number of ether oxygens (including phenoxy) is 1. The molecule has 0 saturated carbocycles. The van der Waals surface area contributed by atoms with Crippen molar-refractivity contribution in [2.45, 2.75) is 51.9 Å². The van der Waals surface area contributed by atoms with Gasteiger partial charge in [-0.15, -0.1) is 13.2 Å². The Kier molecular flexibility index (Phi) is 8.01. The third kappa shape index (κ3) is 7.09. The molecule has 1 heterocycles. The summed E-state index contributed by atoms with van der Waals surface area (Å²) >= 11 is 0. The van der Waals surface area contributed by atoms with Crippen LogP contribution in [0.2, 0.25) is 0 Å². The number of rotatable bonds is 8. The fourth-order valence-electron chi connectivity index (χ4n) is 3.63. The Bertz CT molecular complexity index is 587. The van der Waals surface area contributed by atoms with Crippen LogP contribution in [0.4, 0.5) is 13.2 Å². The first-order chi connectivity index (χ1) is 12.8. The van der Waals surface area contributed by atoms with Gasteiger partial charge < -0.3 is 9.39 Å². The van der Waals surface area contributed by atoms with E-state index in [9.17, 15) is 18.0 Å². The molecule has 0 amide bonds.